The summed E-state index contributed by atoms with van der Waals surface area (Å²) in [5.74, 6) is 1.21. The van der Waals surface area contributed by atoms with Crippen molar-refractivity contribution in [2.75, 3.05) is 6.54 Å². The molecule has 0 aliphatic carbocycles. The molecule has 1 fully saturated rings. The van der Waals surface area contributed by atoms with Crippen molar-refractivity contribution in [1.29, 1.82) is 0 Å². The lowest BCUT2D eigenvalue weighted by Gasteiger charge is -2.14. The van der Waals surface area contributed by atoms with E-state index in [9.17, 15) is 4.79 Å². The Morgan fingerprint density at radius 2 is 2.39 bits per heavy atom. The second kappa shape index (κ2) is 4.48. The lowest BCUT2D eigenvalue weighted by atomic mass is 10.2. The lowest BCUT2D eigenvalue weighted by Crippen LogP contribution is -2.25. The van der Waals surface area contributed by atoms with Gasteiger partial charge in [0.2, 0.25) is 5.91 Å². The van der Waals surface area contributed by atoms with Crippen LogP contribution in [0.15, 0.2) is 11.4 Å². The number of aromatic nitrogens is 2. The molecule has 1 unspecified atom stereocenters. The molecule has 1 aliphatic heterocycles. The largest absolute Gasteiger partial charge is 0.335 e. The molecule has 3 heterocycles. The van der Waals surface area contributed by atoms with Crippen LogP contribution in [0.25, 0.3) is 10.2 Å². The van der Waals surface area contributed by atoms with Gasteiger partial charge in [-0.3, -0.25) is 4.79 Å². The molecule has 94 valence electrons. The number of rotatable bonds is 2. The molecule has 3 rings (SSSR count). The molecular formula is C12H12ClN3OS. The van der Waals surface area contributed by atoms with Crippen LogP contribution < -0.4 is 0 Å². The molecule has 1 amide bonds. The van der Waals surface area contributed by atoms with E-state index in [2.05, 4.69) is 16.9 Å². The van der Waals surface area contributed by atoms with E-state index < -0.39 is 0 Å². The van der Waals surface area contributed by atoms with Crippen LogP contribution >= 0.6 is 22.9 Å². The maximum absolute atomic E-state index is 11.7. The second-order valence-corrected chi connectivity index (χ2v) is 5.91. The van der Waals surface area contributed by atoms with Crippen molar-refractivity contribution in [2.24, 2.45) is 5.92 Å². The van der Waals surface area contributed by atoms with Crippen molar-refractivity contribution in [3.05, 3.63) is 22.4 Å². The number of amides is 1. The molecule has 18 heavy (non-hydrogen) atoms. The lowest BCUT2D eigenvalue weighted by molar-refractivity contribution is -0.128. The fourth-order valence-corrected chi connectivity index (χ4v) is 3.31. The van der Waals surface area contributed by atoms with Gasteiger partial charge in [-0.15, -0.1) is 11.3 Å². The molecule has 1 atom stereocenters. The number of hydrogen-bond acceptors (Lipinski definition) is 4. The number of hydrogen-bond donors (Lipinski definition) is 0. The fourth-order valence-electron chi connectivity index (χ4n) is 2.22. The standard InChI is InChI=1S/C12H12ClN3OS/c1-7-4-10(17)16(5-7)6-9-14-11(13)8-2-3-18-12(8)15-9/h2-3,7H,4-6H2,1H3. The van der Waals surface area contributed by atoms with Crippen LogP contribution in [0.4, 0.5) is 0 Å². The minimum Gasteiger partial charge on any atom is -0.335 e. The Labute approximate surface area is 114 Å². The summed E-state index contributed by atoms with van der Waals surface area (Å²) >= 11 is 7.64. The van der Waals surface area contributed by atoms with Gasteiger partial charge in [0.05, 0.1) is 6.54 Å². The molecule has 0 bridgehead atoms. The Kier molecular flexibility index (Phi) is 2.95. The average Bonchev–Trinajstić information content (AvgIpc) is 2.86. The minimum absolute atomic E-state index is 0.175. The van der Waals surface area contributed by atoms with Gasteiger partial charge in [0.15, 0.2) is 5.82 Å². The maximum Gasteiger partial charge on any atom is 0.223 e. The van der Waals surface area contributed by atoms with Crippen LogP contribution in [-0.4, -0.2) is 27.3 Å². The molecule has 0 radical (unpaired) electrons. The summed E-state index contributed by atoms with van der Waals surface area (Å²) < 4.78 is 0. The molecule has 0 N–H and O–H groups in total. The van der Waals surface area contributed by atoms with Crippen molar-refractivity contribution in [2.45, 2.75) is 19.9 Å². The molecule has 0 aromatic carbocycles. The number of carbonyl (C=O) groups is 1. The Balaban J connectivity index is 1.88. The van der Waals surface area contributed by atoms with Crippen molar-refractivity contribution in [1.82, 2.24) is 14.9 Å². The molecule has 4 nitrogen and oxygen atoms in total. The summed E-state index contributed by atoms with van der Waals surface area (Å²) in [6, 6.07) is 1.91. The molecule has 1 aliphatic rings. The smallest absolute Gasteiger partial charge is 0.223 e. The summed E-state index contributed by atoms with van der Waals surface area (Å²) in [6.45, 7) is 3.31. The zero-order valence-corrected chi connectivity index (χ0v) is 11.5. The molecule has 1 saturated heterocycles. The number of thiophene rings is 1. The third-order valence-electron chi connectivity index (χ3n) is 3.06. The highest BCUT2D eigenvalue weighted by Gasteiger charge is 2.27. The van der Waals surface area contributed by atoms with E-state index in [1.807, 2.05) is 11.4 Å². The third kappa shape index (κ3) is 2.08. The van der Waals surface area contributed by atoms with Crippen molar-refractivity contribution < 1.29 is 4.79 Å². The minimum atomic E-state index is 0.175. The molecule has 0 spiro atoms. The van der Waals surface area contributed by atoms with Gasteiger partial charge in [0.25, 0.3) is 0 Å². The Hall–Kier alpha value is -1.20. The van der Waals surface area contributed by atoms with Gasteiger partial charge in [-0.25, -0.2) is 9.97 Å². The fraction of sp³-hybridized carbons (Fsp3) is 0.417. The van der Waals surface area contributed by atoms with Crippen LogP contribution in [0.3, 0.4) is 0 Å². The Bertz CT molecular complexity index is 612. The third-order valence-corrected chi connectivity index (χ3v) is 4.16. The monoisotopic (exact) mass is 281 g/mol. The van der Waals surface area contributed by atoms with Crippen LogP contribution in [0.2, 0.25) is 5.15 Å². The predicted octanol–water partition coefficient (Wildman–Crippen LogP) is 2.71. The van der Waals surface area contributed by atoms with Crippen molar-refractivity contribution in [3.63, 3.8) is 0 Å². The highest BCUT2D eigenvalue weighted by Crippen LogP contribution is 2.26. The van der Waals surface area contributed by atoms with E-state index in [0.29, 0.717) is 29.9 Å². The van der Waals surface area contributed by atoms with Gasteiger partial charge in [-0.2, -0.15) is 0 Å². The van der Waals surface area contributed by atoms with E-state index in [4.69, 9.17) is 11.6 Å². The zero-order chi connectivity index (χ0) is 12.7. The van der Waals surface area contributed by atoms with Gasteiger partial charge < -0.3 is 4.90 Å². The quantitative estimate of drug-likeness (QED) is 0.795. The molecule has 2 aromatic heterocycles. The van der Waals surface area contributed by atoms with E-state index in [1.54, 1.807) is 4.90 Å². The van der Waals surface area contributed by atoms with Crippen molar-refractivity contribution in [3.8, 4) is 0 Å². The normalized spacial score (nSPS) is 20.0. The first-order valence-corrected chi connectivity index (χ1v) is 7.06. The van der Waals surface area contributed by atoms with Crippen molar-refractivity contribution >= 4 is 39.1 Å². The number of likely N-dealkylation sites (tertiary alicyclic amines) is 1. The summed E-state index contributed by atoms with van der Waals surface area (Å²) in [5.41, 5.74) is 0. The van der Waals surface area contributed by atoms with Gasteiger partial charge in [0.1, 0.15) is 9.98 Å². The maximum atomic E-state index is 11.7. The van der Waals surface area contributed by atoms with Crippen LogP contribution in [0, 0.1) is 5.92 Å². The summed E-state index contributed by atoms with van der Waals surface area (Å²) in [6.07, 6.45) is 0.620. The van der Waals surface area contributed by atoms with Crippen LogP contribution in [0.5, 0.6) is 0 Å². The van der Waals surface area contributed by atoms with E-state index in [0.717, 1.165) is 16.8 Å². The van der Waals surface area contributed by atoms with Gasteiger partial charge in [-0.1, -0.05) is 18.5 Å². The van der Waals surface area contributed by atoms with E-state index >= 15 is 0 Å². The Morgan fingerprint density at radius 1 is 1.56 bits per heavy atom. The molecule has 2 aromatic rings. The number of carbonyl (C=O) groups excluding carboxylic acids is 1. The van der Waals surface area contributed by atoms with Crippen LogP contribution in [0.1, 0.15) is 19.2 Å². The van der Waals surface area contributed by atoms with E-state index in [1.165, 1.54) is 11.3 Å². The first-order valence-electron chi connectivity index (χ1n) is 5.81. The van der Waals surface area contributed by atoms with Crippen LogP contribution in [-0.2, 0) is 11.3 Å². The van der Waals surface area contributed by atoms with Gasteiger partial charge in [0, 0.05) is 18.4 Å². The first-order chi connectivity index (χ1) is 8.63. The molecular weight excluding hydrogens is 270 g/mol. The highest BCUT2D eigenvalue weighted by atomic mass is 35.5. The van der Waals surface area contributed by atoms with E-state index in [-0.39, 0.29) is 5.91 Å². The first kappa shape index (κ1) is 11.9. The summed E-state index contributed by atoms with van der Waals surface area (Å²) in [5, 5.41) is 3.29. The number of fused-ring (bicyclic) bond motifs is 1. The number of nitrogens with zero attached hydrogens (tertiary/aromatic N) is 3. The zero-order valence-electron chi connectivity index (χ0n) is 9.89. The molecule has 0 saturated carbocycles. The topological polar surface area (TPSA) is 46.1 Å². The second-order valence-electron chi connectivity index (χ2n) is 4.65. The molecule has 6 heteroatoms. The highest BCUT2D eigenvalue weighted by molar-refractivity contribution is 7.16. The Morgan fingerprint density at radius 3 is 3.11 bits per heavy atom. The van der Waals surface area contributed by atoms with Gasteiger partial charge in [-0.05, 0) is 17.4 Å². The van der Waals surface area contributed by atoms with Gasteiger partial charge >= 0.3 is 0 Å². The average molecular weight is 282 g/mol. The summed E-state index contributed by atoms with van der Waals surface area (Å²) in [7, 11) is 0. The SMILES string of the molecule is CC1CC(=O)N(Cc2nc(Cl)c3ccsc3n2)C1. The number of halogens is 1. The predicted molar refractivity (Wildman–Crippen MR) is 71.6 cm³/mol. The summed E-state index contributed by atoms with van der Waals surface area (Å²) in [4.78, 5) is 23.1.